The second-order valence-corrected chi connectivity index (χ2v) is 7.79. The number of likely N-dealkylation sites (N-methyl/N-ethyl adjacent to an activating group) is 2. The van der Waals surface area contributed by atoms with Gasteiger partial charge in [0.15, 0.2) is 0 Å². The van der Waals surface area contributed by atoms with Crippen LogP contribution < -0.4 is 0 Å². The van der Waals surface area contributed by atoms with Gasteiger partial charge >= 0.3 is 0 Å². The Bertz CT molecular complexity index is 524. The largest absolute Gasteiger partial charge is 0.395 e. The van der Waals surface area contributed by atoms with Crippen LogP contribution in [0.1, 0.15) is 46.5 Å². The summed E-state index contributed by atoms with van der Waals surface area (Å²) in [5, 5.41) is 18.2. The monoisotopic (exact) mass is 443 g/mol. The number of rotatable bonds is 14. The van der Waals surface area contributed by atoms with Crippen LogP contribution in [0.2, 0.25) is 0 Å². The van der Waals surface area contributed by atoms with Gasteiger partial charge in [-0.25, -0.2) is 0 Å². The summed E-state index contributed by atoms with van der Waals surface area (Å²) in [7, 11) is 0. The third kappa shape index (κ3) is 9.51. The van der Waals surface area contributed by atoms with Crippen molar-refractivity contribution in [2.75, 3.05) is 72.5 Å². The average Bonchev–Trinajstić information content (AvgIpc) is 2.78. The van der Waals surface area contributed by atoms with Crippen LogP contribution in [0.5, 0.6) is 0 Å². The number of hydrogen-bond donors (Lipinski definition) is 2. The standard InChI is InChI=1S/C21H41N5O5/c1-4-7-19(29)24-16-25(20(30)8-10-22(5-2)12-14-27)18-26(17-24)21(31)9-11-23(6-3)13-15-28/h27-28H,4-18H2,1-3H3. The molecule has 1 heterocycles. The molecule has 0 saturated carbocycles. The highest BCUT2D eigenvalue weighted by Crippen LogP contribution is 2.13. The molecule has 0 spiro atoms. The minimum Gasteiger partial charge on any atom is -0.395 e. The minimum atomic E-state index is -0.112. The van der Waals surface area contributed by atoms with Crippen molar-refractivity contribution in [2.45, 2.75) is 46.5 Å². The van der Waals surface area contributed by atoms with Crippen molar-refractivity contribution in [3.05, 3.63) is 0 Å². The summed E-state index contributed by atoms with van der Waals surface area (Å²) in [4.78, 5) is 46.9. The molecule has 0 unspecified atom stereocenters. The van der Waals surface area contributed by atoms with Gasteiger partial charge in [-0.15, -0.1) is 0 Å². The average molecular weight is 444 g/mol. The van der Waals surface area contributed by atoms with E-state index in [1.54, 1.807) is 14.7 Å². The minimum absolute atomic E-state index is 0.0401. The van der Waals surface area contributed by atoms with Crippen molar-refractivity contribution in [1.82, 2.24) is 24.5 Å². The Morgan fingerprint density at radius 2 is 1.00 bits per heavy atom. The van der Waals surface area contributed by atoms with Gasteiger partial charge in [0.25, 0.3) is 0 Å². The molecule has 10 nitrogen and oxygen atoms in total. The van der Waals surface area contributed by atoms with Crippen LogP contribution in [0.4, 0.5) is 0 Å². The predicted octanol–water partition coefficient (Wildman–Crippen LogP) is -0.433. The maximum absolute atomic E-state index is 12.8. The number of carbonyl (C=O) groups excluding carboxylic acids is 3. The van der Waals surface area contributed by atoms with Crippen LogP contribution in [-0.2, 0) is 14.4 Å². The van der Waals surface area contributed by atoms with E-state index in [9.17, 15) is 14.4 Å². The Labute approximate surface area is 186 Å². The fourth-order valence-electron chi connectivity index (χ4n) is 3.56. The van der Waals surface area contributed by atoms with E-state index in [0.717, 1.165) is 13.1 Å². The lowest BCUT2D eigenvalue weighted by Gasteiger charge is -2.42. The highest BCUT2D eigenvalue weighted by atomic mass is 16.3. The Hall–Kier alpha value is -1.75. The SMILES string of the molecule is CCCC(=O)N1CN(C(=O)CCN(CC)CCO)CN(C(=O)CCN(CC)CCO)C1. The molecule has 0 aliphatic carbocycles. The molecule has 0 radical (unpaired) electrons. The van der Waals surface area contributed by atoms with E-state index in [0.29, 0.717) is 39.0 Å². The molecule has 0 aromatic rings. The molecule has 2 N–H and O–H groups in total. The molecule has 1 aliphatic heterocycles. The van der Waals surface area contributed by atoms with Crippen LogP contribution in [-0.4, -0.2) is 125 Å². The first kappa shape index (κ1) is 27.3. The second kappa shape index (κ2) is 15.1. The molecule has 0 atom stereocenters. The Balaban J connectivity index is 2.78. The maximum Gasteiger partial charge on any atom is 0.226 e. The first-order valence-electron chi connectivity index (χ1n) is 11.4. The quantitative estimate of drug-likeness (QED) is 0.375. The smallest absolute Gasteiger partial charge is 0.226 e. The molecular weight excluding hydrogens is 402 g/mol. The van der Waals surface area contributed by atoms with E-state index >= 15 is 0 Å². The van der Waals surface area contributed by atoms with E-state index in [-0.39, 0.29) is 63.8 Å². The molecule has 0 aromatic heterocycles. The zero-order valence-corrected chi connectivity index (χ0v) is 19.5. The van der Waals surface area contributed by atoms with Gasteiger partial charge in [-0.3, -0.25) is 14.4 Å². The van der Waals surface area contributed by atoms with E-state index in [4.69, 9.17) is 10.2 Å². The summed E-state index contributed by atoms with van der Waals surface area (Å²) in [5.74, 6) is -0.291. The molecular formula is C21H41N5O5. The lowest BCUT2D eigenvalue weighted by molar-refractivity contribution is -0.158. The predicted molar refractivity (Wildman–Crippen MR) is 118 cm³/mol. The molecule has 0 bridgehead atoms. The highest BCUT2D eigenvalue weighted by Gasteiger charge is 2.31. The molecule has 3 amide bonds. The van der Waals surface area contributed by atoms with Gasteiger partial charge < -0.3 is 34.7 Å². The summed E-state index contributed by atoms with van der Waals surface area (Å²) in [6, 6.07) is 0. The third-order valence-electron chi connectivity index (χ3n) is 5.56. The van der Waals surface area contributed by atoms with Gasteiger partial charge in [0, 0.05) is 45.4 Å². The highest BCUT2D eigenvalue weighted by molar-refractivity contribution is 5.82. The van der Waals surface area contributed by atoms with E-state index < -0.39 is 0 Å². The number of aliphatic hydroxyl groups excluding tert-OH is 2. The summed E-state index contributed by atoms with van der Waals surface area (Å²) in [5.41, 5.74) is 0. The first-order chi connectivity index (χ1) is 14.9. The molecule has 180 valence electrons. The Kier molecular flexibility index (Phi) is 13.3. The normalized spacial score (nSPS) is 14.6. The van der Waals surface area contributed by atoms with Gasteiger partial charge in [-0.05, 0) is 19.5 Å². The van der Waals surface area contributed by atoms with Gasteiger partial charge in [0.05, 0.1) is 33.2 Å². The molecule has 0 aromatic carbocycles. The van der Waals surface area contributed by atoms with E-state index in [1.165, 1.54) is 0 Å². The Morgan fingerprint density at radius 1 is 0.645 bits per heavy atom. The zero-order chi connectivity index (χ0) is 23.2. The fraction of sp³-hybridized carbons (Fsp3) is 0.857. The van der Waals surface area contributed by atoms with Crippen LogP contribution in [0.25, 0.3) is 0 Å². The van der Waals surface area contributed by atoms with Gasteiger partial charge in [0.1, 0.15) is 0 Å². The molecule has 1 aliphatic rings. The van der Waals surface area contributed by atoms with Crippen molar-refractivity contribution in [1.29, 1.82) is 0 Å². The summed E-state index contributed by atoms with van der Waals surface area (Å²) < 4.78 is 0. The van der Waals surface area contributed by atoms with Gasteiger partial charge in [-0.1, -0.05) is 20.8 Å². The maximum atomic E-state index is 12.8. The molecule has 1 fully saturated rings. The van der Waals surface area contributed by atoms with Crippen molar-refractivity contribution < 1.29 is 24.6 Å². The summed E-state index contributed by atoms with van der Waals surface area (Å²) in [6.45, 7) is 10.1. The summed E-state index contributed by atoms with van der Waals surface area (Å²) >= 11 is 0. The van der Waals surface area contributed by atoms with Gasteiger partial charge in [-0.2, -0.15) is 0 Å². The lowest BCUT2D eigenvalue weighted by atomic mass is 10.2. The third-order valence-corrected chi connectivity index (χ3v) is 5.56. The van der Waals surface area contributed by atoms with E-state index in [2.05, 4.69) is 0 Å². The zero-order valence-electron chi connectivity index (χ0n) is 19.5. The van der Waals surface area contributed by atoms with Crippen LogP contribution in [0.3, 0.4) is 0 Å². The summed E-state index contributed by atoms with van der Waals surface area (Å²) in [6.07, 6.45) is 1.62. The van der Waals surface area contributed by atoms with Gasteiger partial charge in [0.2, 0.25) is 17.7 Å². The molecule has 31 heavy (non-hydrogen) atoms. The number of carbonyl (C=O) groups is 3. The second-order valence-electron chi connectivity index (χ2n) is 7.79. The van der Waals surface area contributed by atoms with Crippen LogP contribution in [0, 0.1) is 0 Å². The van der Waals surface area contributed by atoms with E-state index in [1.807, 2.05) is 30.6 Å². The van der Waals surface area contributed by atoms with Crippen molar-refractivity contribution in [2.24, 2.45) is 0 Å². The van der Waals surface area contributed by atoms with Crippen molar-refractivity contribution in [3.8, 4) is 0 Å². The lowest BCUT2D eigenvalue weighted by Crippen LogP contribution is -2.59. The number of hydrogen-bond acceptors (Lipinski definition) is 7. The van der Waals surface area contributed by atoms with Crippen LogP contribution >= 0.6 is 0 Å². The molecule has 10 heteroatoms. The topological polar surface area (TPSA) is 108 Å². The van der Waals surface area contributed by atoms with Crippen molar-refractivity contribution in [3.63, 3.8) is 0 Å². The first-order valence-corrected chi connectivity index (χ1v) is 11.4. The van der Waals surface area contributed by atoms with Crippen molar-refractivity contribution >= 4 is 17.7 Å². The molecule has 1 rings (SSSR count). The number of nitrogens with zero attached hydrogens (tertiary/aromatic N) is 5. The number of aliphatic hydroxyl groups is 2. The molecule has 1 saturated heterocycles. The number of amides is 3. The van der Waals surface area contributed by atoms with Crippen LogP contribution in [0.15, 0.2) is 0 Å². The fourth-order valence-corrected chi connectivity index (χ4v) is 3.56. The Morgan fingerprint density at radius 3 is 1.29 bits per heavy atom.